The van der Waals surface area contributed by atoms with Crippen molar-refractivity contribution in [3.05, 3.63) is 29.2 Å². The number of hydrogen-bond acceptors (Lipinski definition) is 4. The fraction of sp³-hybridized carbons (Fsp3) is 0.417. The molecule has 0 bridgehead atoms. The van der Waals surface area contributed by atoms with Crippen LogP contribution in [0.2, 0.25) is 0 Å². The summed E-state index contributed by atoms with van der Waals surface area (Å²) in [5.74, 6) is 0.395. The van der Waals surface area contributed by atoms with E-state index in [9.17, 15) is 4.79 Å². The van der Waals surface area contributed by atoms with Crippen LogP contribution in [0.5, 0.6) is 0 Å². The summed E-state index contributed by atoms with van der Waals surface area (Å²) < 4.78 is 3.25. The Morgan fingerprint density at radius 1 is 1.53 bits per heavy atom. The van der Waals surface area contributed by atoms with Crippen molar-refractivity contribution in [2.75, 3.05) is 5.73 Å². The first kappa shape index (κ1) is 13.1. The number of aromatic nitrogens is 4. The van der Waals surface area contributed by atoms with Crippen molar-refractivity contribution in [1.82, 2.24) is 24.9 Å². The smallest absolute Gasteiger partial charge is 0.269 e. The minimum Gasteiger partial charge on any atom is -0.384 e. The largest absolute Gasteiger partial charge is 0.384 e. The van der Waals surface area contributed by atoms with E-state index in [0.717, 1.165) is 11.3 Å². The van der Waals surface area contributed by atoms with Crippen molar-refractivity contribution < 1.29 is 4.79 Å². The van der Waals surface area contributed by atoms with Crippen LogP contribution in [0.3, 0.4) is 0 Å². The van der Waals surface area contributed by atoms with Gasteiger partial charge in [0.15, 0.2) is 0 Å². The third kappa shape index (κ3) is 2.59. The van der Waals surface area contributed by atoms with Crippen LogP contribution in [0, 0.1) is 6.92 Å². The average molecular weight is 262 g/mol. The number of carbonyl (C=O) groups is 1. The number of anilines is 1. The van der Waals surface area contributed by atoms with E-state index < -0.39 is 0 Å². The lowest BCUT2D eigenvalue weighted by Crippen LogP contribution is -2.25. The average Bonchev–Trinajstić information content (AvgIpc) is 2.92. The maximum absolute atomic E-state index is 12.1. The SMILES string of the molecule is CCn1nc(C)cc1C(=O)NCc1cnn(C)c1N. The quantitative estimate of drug-likeness (QED) is 0.837. The second-order valence-electron chi connectivity index (χ2n) is 4.35. The topological polar surface area (TPSA) is 90.8 Å². The number of carbonyl (C=O) groups excluding carboxylic acids is 1. The van der Waals surface area contributed by atoms with E-state index in [1.165, 1.54) is 0 Å². The number of nitrogens with two attached hydrogens (primary N) is 1. The molecule has 0 aliphatic heterocycles. The molecule has 2 heterocycles. The Morgan fingerprint density at radius 3 is 2.84 bits per heavy atom. The van der Waals surface area contributed by atoms with Crippen LogP contribution in [0.1, 0.15) is 28.7 Å². The number of nitrogens with one attached hydrogen (secondary N) is 1. The van der Waals surface area contributed by atoms with Crippen molar-refractivity contribution in [2.24, 2.45) is 7.05 Å². The van der Waals surface area contributed by atoms with Gasteiger partial charge in [0.25, 0.3) is 5.91 Å². The number of rotatable bonds is 4. The molecule has 0 spiro atoms. The van der Waals surface area contributed by atoms with Gasteiger partial charge in [0.1, 0.15) is 11.5 Å². The molecule has 19 heavy (non-hydrogen) atoms. The van der Waals surface area contributed by atoms with Gasteiger partial charge in [0, 0.05) is 25.7 Å². The van der Waals surface area contributed by atoms with Gasteiger partial charge in [-0.1, -0.05) is 0 Å². The fourth-order valence-corrected chi connectivity index (χ4v) is 1.86. The molecule has 7 heteroatoms. The van der Waals surface area contributed by atoms with Crippen LogP contribution >= 0.6 is 0 Å². The summed E-state index contributed by atoms with van der Waals surface area (Å²) in [6, 6.07) is 1.77. The Morgan fingerprint density at radius 2 is 2.26 bits per heavy atom. The maximum Gasteiger partial charge on any atom is 0.269 e. The van der Waals surface area contributed by atoms with Gasteiger partial charge in [-0.25, -0.2) is 0 Å². The zero-order chi connectivity index (χ0) is 14.0. The molecule has 2 rings (SSSR count). The van der Waals surface area contributed by atoms with Crippen LogP contribution in [0.15, 0.2) is 12.3 Å². The molecule has 7 nitrogen and oxygen atoms in total. The van der Waals surface area contributed by atoms with Crippen LogP contribution in [-0.2, 0) is 20.1 Å². The molecule has 0 saturated heterocycles. The Bertz CT molecular complexity index is 597. The van der Waals surface area contributed by atoms with Gasteiger partial charge >= 0.3 is 0 Å². The van der Waals surface area contributed by atoms with Crippen LogP contribution < -0.4 is 11.1 Å². The second kappa shape index (κ2) is 5.13. The molecule has 0 atom stereocenters. The molecule has 0 radical (unpaired) electrons. The highest BCUT2D eigenvalue weighted by atomic mass is 16.2. The molecule has 0 unspecified atom stereocenters. The highest BCUT2D eigenvalue weighted by Crippen LogP contribution is 2.09. The van der Waals surface area contributed by atoms with E-state index in [4.69, 9.17) is 5.73 Å². The summed E-state index contributed by atoms with van der Waals surface area (Å²) >= 11 is 0. The van der Waals surface area contributed by atoms with E-state index in [2.05, 4.69) is 15.5 Å². The molecule has 2 aromatic heterocycles. The van der Waals surface area contributed by atoms with Gasteiger partial charge in [0.2, 0.25) is 0 Å². The zero-order valence-electron chi connectivity index (χ0n) is 11.3. The standard InChI is InChI=1S/C12H18N6O/c1-4-18-10(5-8(2)16-18)12(19)14-6-9-7-15-17(3)11(9)13/h5,7H,4,6,13H2,1-3H3,(H,14,19). The second-order valence-corrected chi connectivity index (χ2v) is 4.35. The van der Waals surface area contributed by atoms with Crippen LogP contribution in [-0.4, -0.2) is 25.5 Å². The molecule has 0 saturated carbocycles. The highest BCUT2D eigenvalue weighted by Gasteiger charge is 2.13. The number of nitrogens with zero attached hydrogens (tertiary/aromatic N) is 4. The fourth-order valence-electron chi connectivity index (χ4n) is 1.86. The van der Waals surface area contributed by atoms with Crippen molar-refractivity contribution in [2.45, 2.75) is 26.9 Å². The lowest BCUT2D eigenvalue weighted by atomic mass is 10.3. The number of nitrogen functional groups attached to an aromatic ring is 1. The number of amides is 1. The summed E-state index contributed by atoms with van der Waals surface area (Å²) in [7, 11) is 1.76. The van der Waals surface area contributed by atoms with Crippen LogP contribution in [0.4, 0.5) is 5.82 Å². The maximum atomic E-state index is 12.1. The van der Waals surface area contributed by atoms with E-state index in [-0.39, 0.29) is 5.91 Å². The van der Waals surface area contributed by atoms with Gasteiger partial charge in [-0.2, -0.15) is 10.2 Å². The molecular weight excluding hydrogens is 244 g/mol. The summed E-state index contributed by atoms with van der Waals surface area (Å²) in [5, 5.41) is 11.1. The Labute approximate surface area is 111 Å². The van der Waals surface area contributed by atoms with E-state index in [1.807, 2.05) is 13.8 Å². The summed E-state index contributed by atoms with van der Waals surface area (Å²) in [6.07, 6.45) is 1.65. The minimum absolute atomic E-state index is 0.161. The molecular formula is C12H18N6O. The van der Waals surface area contributed by atoms with Gasteiger partial charge in [-0.05, 0) is 19.9 Å². The molecule has 0 fully saturated rings. The Balaban J connectivity index is 2.07. The molecule has 0 aliphatic rings. The Kier molecular flexibility index (Phi) is 3.55. The number of hydrogen-bond donors (Lipinski definition) is 2. The molecule has 0 aliphatic carbocycles. The van der Waals surface area contributed by atoms with E-state index in [0.29, 0.717) is 24.6 Å². The Hall–Kier alpha value is -2.31. The summed E-state index contributed by atoms with van der Waals surface area (Å²) in [5.41, 5.74) is 8.00. The normalized spacial score (nSPS) is 10.7. The minimum atomic E-state index is -0.161. The predicted octanol–water partition coefficient (Wildman–Crippen LogP) is 0.457. The predicted molar refractivity (Wildman–Crippen MR) is 71.4 cm³/mol. The summed E-state index contributed by atoms with van der Waals surface area (Å²) in [6.45, 7) is 4.82. The summed E-state index contributed by atoms with van der Waals surface area (Å²) in [4.78, 5) is 12.1. The van der Waals surface area contributed by atoms with Gasteiger partial charge < -0.3 is 11.1 Å². The number of aryl methyl sites for hydroxylation is 3. The first-order chi connectivity index (χ1) is 9.02. The van der Waals surface area contributed by atoms with Gasteiger partial charge in [-0.15, -0.1) is 0 Å². The van der Waals surface area contributed by atoms with Gasteiger partial charge in [0.05, 0.1) is 11.9 Å². The zero-order valence-corrected chi connectivity index (χ0v) is 11.3. The van der Waals surface area contributed by atoms with Crippen molar-refractivity contribution in [3.8, 4) is 0 Å². The third-order valence-electron chi connectivity index (χ3n) is 2.94. The van der Waals surface area contributed by atoms with Crippen molar-refractivity contribution in [1.29, 1.82) is 0 Å². The highest BCUT2D eigenvalue weighted by molar-refractivity contribution is 5.92. The lowest BCUT2D eigenvalue weighted by molar-refractivity contribution is 0.0940. The lowest BCUT2D eigenvalue weighted by Gasteiger charge is -2.06. The monoisotopic (exact) mass is 262 g/mol. The van der Waals surface area contributed by atoms with Crippen molar-refractivity contribution in [3.63, 3.8) is 0 Å². The first-order valence-electron chi connectivity index (χ1n) is 6.12. The van der Waals surface area contributed by atoms with E-state index >= 15 is 0 Å². The van der Waals surface area contributed by atoms with E-state index in [1.54, 1.807) is 28.7 Å². The molecule has 2 aromatic rings. The molecule has 3 N–H and O–H groups in total. The first-order valence-corrected chi connectivity index (χ1v) is 6.12. The van der Waals surface area contributed by atoms with Gasteiger partial charge in [-0.3, -0.25) is 14.2 Å². The van der Waals surface area contributed by atoms with Crippen LogP contribution in [0.25, 0.3) is 0 Å². The molecule has 1 amide bonds. The third-order valence-corrected chi connectivity index (χ3v) is 2.94. The molecule has 102 valence electrons. The van der Waals surface area contributed by atoms with Crippen molar-refractivity contribution >= 4 is 11.7 Å². The molecule has 0 aromatic carbocycles.